The van der Waals surface area contributed by atoms with Crippen LogP contribution in [0.5, 0.6) is 0 Å². The van der Waals surface area contributed by atoms with Gasteiger partial charge in [-0.1, -0.05) is 6.92 Å². The van der Waals surface area contributed by atoms with Gasteiger partial charge in [-0.25, -0.2) is 0 Å². The fraction of sp³-hybridized carbons (Fsp3) is 0.800. The zero-order chi connectivity index (χ0) is 11.7. The molecule has 0 aromatic rings. The monoisotopic (exact) mass is 213 g/mol. The number of carbonyl (C=O) groups is 1. The maximum atomic E-state index is 11.7. The minimum Gasteiger partial charge on any atom is -0.383 e. The maximum absolute atomic E-state index is 11.7. The summed E-state index contributed by atoms with van der Waals surface area (Å²) in [6.07, 6.45) is 0.931. The van der Waals surface area contributed by atoms with E-state index in [9.17, 15) is 4.79 Å². The molecule has 0 aromatic carbocycles. The largest absolute Gasteiger partial charge is 0.383 e. The second-order valence-electron chi connectivity index (χ2n) is 3.24. The van der Waals surface area contributed by atoms with Crippen molar-refractivity contribution in [1.29, 1.82) is 5.26 Å². The normalized spacial score (nSPS) is 11.9. The molecule has 1 amide bonds. The van der Waals surface area contributed by atoms with E-state index >= 15 is 0 Å². The van der Waals surface area contributed by atoms with Crippen LogP contribution >= 0.6 is 0 Å². The molecule has 0 radical (unpaired) electrons. The highest BCUT2D eigenvalue weighted by Gasteiger charge is 2.18. The lowest BCUT2D eigenvalue weighted by Crippen LogP contribution is -2.45. The van der Waals surface area contributed by atoms with E-state index in [2.05, 4.69) is 0 Å². The van der Waals surface area contributed by atoms with Gasteiger partial charge in [0.2, 0.25) is 5.91 Å². The number of rotatable bonds is 7. The molecular weight excluding hydrogens is 194 g/mol. The topological polar surface area (TPSA) is 79.4 Å². The van der Waals surface area contributed by atoms with Crippen LogP contribution in [0.15, 0.2) is 0 Å². The van der Waals surface area contributed by atoms with Gasteiger partial charge in [0.1, 0.15) is 0 Å². The molecule has 86 valence electrons. The van der Waals surface area contributed by atoms with E-state index in [1.165, 1.54) is 0 Å². The summed E-state index contributed by atoms with van der Waals surface area (Å²) in [5.74, 6) is -0.107. The van der Waals surface area contributed by atoms with Crippen LogP contribution in [-0.2, 0) is 9.53 Å². The molecule has 0 aliphatic rings. The predicted molar refractivity (Wildman–Crippen MR) is 57.0 cm³/mol. The van der Waals surface area contributed by atoms with Gasteiger partial charge >= 0.3 is 0 Å². The summed E-state index contributed by atoms with van der Waals surface area (Å²) in [6, 6.07) is 1.54. The number of methoxy groups -OCH3 is 1. The third kappa shape index (κ3) is 5.35. The van der Waals surface area contributed by atoms with Crippen LogP contribution in [0.2, 0.25) is 0 Å². The molecule has 0 bridgehead atoms. The van der Waals surface area contributed by atoms with E-state index in [0.717, 1.165) is 0 Å². The number of amides is 1. The van der Waals surface area contributed by atoms with E-state index in [1.807, 2.05) is 13.0 Å². The molecule has 15 heavy (non-hydrogen) atoms. The minimum atomic E-state index is -0.472. The molecule has 5 nitrogen and oxygen atoms in total. The lowest BCUT2D eigenvalue weighted by molar-refractivity contribution is -0.133. The fourth-order valence-electron chi connectivity index (χ4n) is 1.13. The number of hydrogen-bond acceptors (Lipinski definition) is 4. The van der Waals surface area contributed by atoms with Gasteiger partial charge in [-0.3, -0.25) is 4.79 Å². The van der Waals surface area contributed by atoms with Gasteiger partial charge < -0.3 is 15.4 Å². The Bertz CT molecular complexity index is 225. The average molecular weight is 213 g/mol. The summed E-state index contributed by atoms with van der Waals surface area (Å²) in [5.41, 5.74) is 5.65. The number of nitriles is 1. The first-order valence-electron chi connectivity index (χ1n) is 5.07. The van der Waals surface area contributed by atoms with Crippen molar-refractivity contribution in [2.75, 3.05) is 26.8 Å². The predicted octanol–water partition coefficient (Wildman–Crippen LogP) is 0.112. The Labute approximate surface area is 90.8 Å². The summed E-state index contributed by atoms with van der Waals surface area (Å²) in [6.45, 7) is 3.24. The Balaban J connectivity index is 4.20. The minimum absolute atomic E-state index is 0.107. The van der Waals surface area contributed by atoms with E-state index in [-0.39, 0.29) is 5.91 Å². The van der Waals surface area contributed by atoms with Gasteiger partial charge in [-0.05, 0) is 6.42 Å². The molecule has 0 fully saturated rings. The van der Waals surface area contributed by atoms with Gasteiger partial charge in [0.05, 0.1) is 25.1 Å². The lowest BCUT2D eigenvalue weighted by Gasteiger charge is -2.24. The molecule has 1 unspecified atom stereocenters. The van der Waals surface area contributed by atoms with Crippen molar-refractivity contribution in [3.05, 3.63) is 0 Å². The first kappa shape index (κ1) is 13.9. The quantitative estimate of drug-likeness (QED) is 0.651. The van der Waals surface area contributed by atoms with Crippen molar-refractivity contribution in [2.45, 2.75) is 25.8 Å². The molecular formula is C10H19N3O2. The highest BCUT2D eigenvalue weighted by Crippen LogP contribution is 1.98. The standard InChI is InChI=1S/C10H19N3O2/c1-3-9(12)10(14)13(6-4-5-11)7-8-15-2/h9H,3-4,6-8,12H2,1-2H3. The fourth-order valence-corrected chi connectivity index (χ4v) is 1.13. The van der Waals surface area contributed by atoms with E-state index in [0.29, 0.717) is 32.5 Å². The number of nitrogens with zero attached hydrogens (tertiary/aromatic N) is 2. The first-order chi connectivity index (χ1) is 7.17. The van der Waals surface area contributed by atoms with Crippen LogP contribution in [0.4, 0.5) is 0 Å². The maximum Gasteiger partial charge on any atom is 0.239 e. The highest BCUT2D eigenvalue weighted by atomic mass is 16.5. The Morgan fingerprint density at radius 1 is 1.60 bits per heavy atom. The van der Waals surface area contributed by atoms with Gasteiger partial charge in [-0.15, -0.1) is 0 Å². The zero-order valence-electron chi connectivity index (χ0n) is 9.40. The van der Waals surface area contributed by atoms with E-state index in [1.54, 1.807) is 12.0 Å². The molecule has 0 aliphatic carbocycles. The smallest absolute Gasteiger partial charge is 0.239 e. The summed E-state index contributed by atoms with van der Waals surface area (Å²) in [5, 5.41) is 8.47. The van der Waals surface area contributed by atoms with Crippen LogP contribution in [0.1, 0.15) is 19.8 Å². The van der Waals surface area contributed by atoms with Crippen LogP contribution < -0.4 is 5.73 Å². The molecule has 5 heteroatoms. The third-order valence-electron chi connectivity index (χ3n) is 2.13. The first-order valence-corrected chi connectivity index (χ1v) is 5.07. The Hall–Kier alpha value is -1.12. The summed E-state index contributed by atoms with van der Waals surface area (Å²) in [7, 11) is 1.58. The summed E-state index contributed by atoms with van der Waals surface area (Å²) in [4.78, 5) is 13.3. The van der Waals surface area contributed by atoms with Crippen molar-refractivity contribution in [3.8, 4) is 6.07 Å². The van der Waals surface area contributed by atoms with Crippen LogP contribution in [0.3, 0.4) is 0 Å². The highest BCUT2D eigenvalue weighted by molar-refractivity contribution is 5.81. The number of nitrogens with two attached hydrogens (primary N) is 1. The molecule has 0 aliphatic heterocycles. The third-order valence-corrected chi connectivity index (χ3v) is 2.13. The summed E-state index contributed by atoms with van der Waals surface area (Å²) < 4.78 is 4.90. The van der Waals surface area contributed by atoms with Gasteiger partial charge in [0.25, 0.3) is 0 Å². The lowest BCUT2D eigenvalue weighted by atomic mass is 10.2. The van der Waals surface area contributed by atoms with Gasteiger partial charge in [0.15, 0.2) is 0 Å². The van der Waals surface area contributed by atoms with Crippen molar-refractivity contribution in [2.24, 2.45) is 5.73 Å². The molecule has 0 spiro atoms. The molecule has 2 N–H and O–H groups in total. The molecule has 0 rings (SSSR count). The Kier molecular flexibility index (Phi) is 7.60. The molecule has 0 aromatic heterocycles. The van der Waals surface area contributed by atoms with Crippen molar-refractivity contribution < 1.29 is 9.53 Å². The number of ether oxygens (including phenoxy) is 1. The zero-order valence-corrected chi connectivity index (χ0v) is 9.40. The molecule has 1 atom stereocenters. The average Bonchev–Trinajstić information content (AvgIpc) is 2.27. The molecule has 0 saturated heterocycles. The Morgan fingerprint density at radius 2 is 2.27 bits per heavy atom. The van der Waals surface area contributed by atoms with Crippen molar-refractivity contribution >= 4 is 5.91 Å². The Morgan fingerprint density at radius 3 is 2.73 bits per heavy atom. The van der Waals surface area contributed by atoms with Crippen molar-refractivity contribution in [3.63, 3.8) is 0 Å². The van der Waals surface area contributed by atoms with Gasteiger partial charge in [0, 0.05) is 20.2 Å². The SMILES string of the molecule is CCC(N)C(=O)N(CCC#N)CCOC. The number of hydrogen-bond donors (Lipinski definition) is 1. The van der Waals surface area contributed by atoms with E-state index < -0.39 is 6.04 Å². The van der Waals surface area contributed by atoms with Gasteiger partial charge in [-0.2, -0.15) is 5.26 Å². The molecule has 0 heterocycles. The van der Waals surface area contributed by atoms with E-state index in [4.69, 9.17) is 15.7 Å². The summed E-state index contributed by atoms with van der Waals surface area (Å²) >= 11 is 0. The number of carbonyl (C=O) groups excluding carboxylic acids is 1. The van der Waals surface area contributed by atoms with Crippen LogP contribution in [0.25, 0.3) is 0 Å². The molecule has 0 saturated carbocycles. The van der Waals surface area contributed by atoms with Crippen LogP contribution in [-0.4, -0.2) is 43.7 Å². The van der Waals surface area contributed by atoms with Crippen LogP contribution in [0, 0.1) is 11.3 Å². The second kappa shape index (κ2) is 8.21. The van der Waals surface area contributed by atoms with Crippen molar-refractivity contribution in [1.82, 2.24) is 4.90 Å². The second-order valence-corrected chi connectivity index (χ2v) is 3.24.